The molecule has 1 aromatic carbocycles. The Labute approximate surface area is 126 Å². The molecular formula is C15H22N2O3S. The zero-order valence-corrected chi connectivity index (χ0v) is 13.3. The summed E-state index contributed by atoms with van der Waals surface area (Å²) in [7, 11) is -3.08. The Hall–Kier alpha value is -1.40. The minimum Gasteiger partial charge on any atom is -0.325 e. The van der Waals surface area contributed by atoms with E-state index < -0.39 is 9.84 Å². The van der Waals surface area contributed by atoms with Crippen LogP contribution in [0.1, 0.15) is 18.9 Å². The van der Waals surface area contributed by atoms with Crippen molar-refractivity contribution in [1.82, 2.24) is 10.2 Å². The third kappa shape index (κ3) is 4.54. The van der Waals surface area contributed by atoms with Gasteiger partial charge in [-0.15, -0.1) is 0 Å². The minimum atomic E-state index is -3.08. The van der Waals surface area contributed by atoms with Gasteiger partial charge in [0.2, 0.25) is 5.91 Å². The normalized spacial score (nSPS) is 20.8. The summed E-state index contributed by atoms with van der Waals surface area (Å²) in [4.78, 5) is 13.9. The molecule has 1 aromatic rings. The summed E-state index contributed by atoms with van der Waals surface area (Å²) < 4.78 is 22.7. The van der Waals surface area contributed by atoms with E-state index in [-0.39, 0.29) is 23.7 Å². The topological polar surface area (TPSA) is 66.5 Å². The molecule has 1 heterocycles. The Kier molecular flexibility index (Phi) is 5.00. The molecule has 2 atom stereocenters. The van der Waals surface area contributed by atoms with Crippen LogP contribution in [0.5, 0.6) is 0 Å². The fraction of sp³-hybridized carbons (Fsp3) is 0.533. The summed E-state index contributed by atoms with van der Waals surface area (Å²) in [5.41, 5.74) is 1.20. The molecule has 0 radical (unpaired) electrons. The lowest BCUT2D eigenvalue weighted by Gasteiger charge is -2.23. The summed E-state index contributed by atoms with van der Waals surface area (Å²) in [6.07, 6.45) is 2.76. The zero-order chi connectivity index (χ0) is 15.5. The standard InChI is InChI=1S/C15H22N2O3S/c1-12(10-21(2,19)20)17-11-16-14(15(17)18)9-8-13-6-4-3-5-7-13/h3-7,12,14,16H,8-11H2,1-2H3. The van der Waals surface area contributed by atoms with Crippen LogP contribution in [0, 0.1) is 0 Å². The molecule has 0 aliphatic carbocycles. The van der Waals surface area contributed by atoms with Gasteiger partial charge in [0, 0.05) is 12.3 Å². The van der Waals surface area contributed by atoms with Crippen LogP contribution in [0.25, 0.3) is 0 Å². The maximum atomic E-state index is 12.3. The van der Waals surface area contributed by atoms with Crippen LogP contribution in [0.15, 0.2) is 30.3 Å². The van der Waals surface area contributed by atoms with Crippen molar-refractivity contribution in [2.75, 3.05) is 18.7 Å². The fourth-order valence-corrected chi connectivity index (χ4v) is 3.71. The number of carbonyl (C=O) groups is 1. The van der Waals surface area contributed by atoms with Crippen molar-refractivity contribution >= 4 is 15.7 Å². The summed E-state index contributed by atoms with van der Waals surface area (Å²) in [5, 5.41) is 3.17. The Morgan fingerprint density at radius 3 is 2.62 bits per heavy atom. The average molecular weight is 310 g/mol. The van der Waals surface area contributed by atoms with E-state index in [9.17, 15) is 13.2 Å². The lowest BCUT2D eigenvalue weighted by molar-refractivity contribution is -0.130. The molecule has 0 spiro atoms. The minimum absolute atomic E-state index is 0.00193. The number of nitrogens with zero attached hydrogens (tertiary/aromatic N) is 1. The number of hydrogen-bond acceptors (Lipinski definition) is 4. The lowest BCUT2D eigenvalue weighted by Crippen LogP contribution is -2.40. The largest absolute Gasteiger partial charge is 0.325 e. The SMILES string of the molecule is CC(CS(C)(=O)=O)N1CNC(CCc2ccccc2)C1=O. The highest BCUT2D eigenvalue weighted by Gasteiger charge is 2.34. The molecular weight excluding hydrogens is 288 g/mol. The van der Waals surface area contributed by atoms with E-state index in [4.69, 9.17) is 0 Å². The average Bonchev–Trinajstić information content (AvgIpc) is 2.77. The molecule has 1 saturated heterocycles. The summed E-state index contributed by atoms with van der Waals surface area (Å²) in [5.74, 6) is 0.00771. The molecule has 1 fully saturated rings. The Morgan fingerprint density at radius 2 is 2.00 bits per heavy atom. The second-order valence-corrected chi connectivity index (χ2v) is 7.87. The van der Waals surface area contributed by atoms with E-state index in [0.29, 0.717) is 6.67 Å². The second-order valence-electron chi connectivity index (χ2n) is 5.69. The van der Waals surface area contributed by atoms with Gasteiger partial charge in [0.15, 0.2) is 0 Å². The fourth-order valence-electron chi connectivity index (χ4n) is 2.66. The second kappa shape index (κ2) is 6.58. The zero-order valence-electron chi connectivity index (χ0n) is 12.5. The van der Waals surface area contributed by atoms with E-state index in [1.165, 1.54) is 11.8 Å². The number of rotatable bonds is 6. The van der Waals surface area contributed by atoms with Crippen LogP contribution in [0.4, 0.5) is 0 Å². The molecule has 6 heteroatoms. The van der Waals surface area contributed by atoms with Crippen LogP contribution < -0.4 is 5.32 Å². The molecule has 2 unspecified atom stereocenters. The first kappa shape index (κ1) is 16.0. The van der Waals surface area contributed by atoms with Crippen LogP contribution >= 0.6 is 0 Å². The highest BCUT2D eigenvalue weighted by molar-refractivity contribution is 7.90. The number of hydrogen-bond donors (Lipinski definition) is 1. The van der Waals surface area contributed by atoms with E-state index in [1.54, 1.807) is 11.8 Å². The highest BCUT2D eigenvalue weighted by atomic mass is 32.2. The predicted molar refractivity (Wildman–Crippen MR) is 82.6 cm³/mol. The van der Waals surface area contributed by atoms with Gasteiger partial charge in [-0.25, -0.2) is 8.42 Å². The van der Waals surface area contributed by atoms with Crippen molar-refractivity contribution in [2.24, 2.45) is 0 Å². The van der Waals surface area contributed by atoms with Crippen molar-refractivity contribution < 1.29 is 13.2 Å². The number of sulfone groups is 1. The van der Waals surface area contributed by atoms with Crippen LogP contribution in [0.2, 0.25) is 0 Å². The van der Waals surface area contributed by atoms with Gasteiger partial charge in [0.1, 0.15) is 9.84 Å². The van der Waals surface area contributed by atoms with Crippen molar-refractivity contribution in [3.8, 4) is 0 Å². The molecule has 0 aromatic heterocycles. The summed E-state index contributed by atoms with van der Waals surface area (Å²) >= 11 is 0. The Morgan fingerprint density at radius 1 is 1.33 bits per heavy atom. The molecule has 1 N–H and O–H groups in total. The van der Waals surface area contributed by atoms with E-state index in [0.717, 1.165) is 12.8 Å². The van der Waals surface area contributed by atoms with Crippen molar-refractivity contribution in [3.05, 3.63) is 35.9 Å². The van der Waals surface area contributed by atoms with Gasteiger partial charge in [-0.2, -0.15) is 0 Å². The number of carbonyl (C=O) groups excluding carboxylic acids is 1. The highest BCUT2D eigenvalue weighted by Crippen LogP contribution is 2.14. The van der Waals surface area contributed by atoms with Gasteiger partial charge in [-0.05, 0) is 25.3 Å². The number of nitrogens with one attached hydrogen (secondary N) is 1. The number of amides is 1. The maximum Gasteiger partial charge on any atom is 0.241 e. The third-order valence-electron chi connectivity index (χ3n) is 3.73. The van der Waals surface area contributed by atoms with Gasteiger partial charge in [0.05, 0.1) is 18.5 Å². The van der Waals surface area contributed by atoms with Crippen LogP contribution in [-0.2, 0) is 21.1 Å². The number of aryl methyl sites for hydroxylation is 1. The Bertz CT molecular complexity index is 586. The van der Waals surface area contributed by atoms with Gasteiger partial charge in [0.25, 0.3) is 0 Å². The summed E-state index contributed by atoms with van der Waals surface area (Å²) in [6.45, 7) is 2.20. The van der Waals surface area contributed by atoms with E-state index in [2.05, 4.69) is 5.32 Å². The molecule has 0 bridgehead atoms. The van der Waals surface area contributed by atoms with Crippen molar-refractivity contribution in [2.45, 2.75) is 31.8 Å². The van der Waals surface area contributed by atoms with Crippen molar-refractivity contribution in [3.63, 3.8) is 0 Å². The molecule has 2 rings (SSSR count). The van der Waals surface area contributed by atoms with E-state index >= 15 is 0 Å². The van der Waals surface area contributed by atoms with Gasteiger partial charge < -0.3 is 4.90 Å². The molecule has 0 saturated carbocycles. The van der Waals surface area contributed by atoms with Gasteiger partial charge in [-0.3, -0.25) is 10.1 Å². The first-order valence-electron chi connectivity index (χ1n) is 7.12. The molecule has 1 aliphatic heterocycles. The number of benzene rings is 1. The third-order valence-corrected chi connectivity index (χ3v) is 4.82. The maximum absolute atomic E-state index is 12.3. The molecule has 1 aliphatic rings. The quantitative estimate of drug-likeness (QED) is 0.844. The van der Waals surface area contributed by atoms with E-state index in [1.807, 2.05) is 30.3 Å². The molecule has 116 valence electrons. The van der Waals surface area contributed by atoms with Crippen LogP contribution in [0.3, 0.4) is 0 Å². The molecule has 21 heavy (non-hydrogen) atoms. The van der Waals surface area contributed by atoms with Gasteiger partial charge in [-0.1, -0.05) is 30.3 Å². The Balaban J connectivity index is 1.89. The first-order chi connectivity index (χ1) is 9.87. The van der Waals surface area contributed by atoms with Crippen LogP contribution in [-0.4, -0.2) is 50.0 Å². The first-order valence-corrected chi connectivity index (χ1v) is 9.18. The molecule has 1 amide bonds. The van der Waals surface area contributed by atoms with Gasteiger partial charge >= 0.3 is 0 Å². The van der Waals surface area contributed by atoms with Crippen molar-refractivity contribution in [1.29, 1.82) is 0 Å². The monoisotopic (exact) mass is 310 g/mol. The smallest absolute Gasteiger partial charge is 0.241 e. The molecule has 5 nitrogen and oxygen atoms in total. The summed E-state index contributed by atoms with van der Waals surface area (Å²) in [6, 6.07) is 9.53. The predicted octanol–water partition coefficient (Wildman–Crippen LogP) is 0.810. The lowest BCUT2D eigenvalue weighted by atomic mass is 10.1.